The lowest BCUT2D eigenvalue weighted by molar-refractivity contribution is 0.928. The lowest BCUT2D eigenvalue weighted by Crippen LogP contribution is -1.92. The maximum Gasteiger partial charge on any atom is 0.194 e. The van der Waals surface area contributed by atoms with E-state index in [0.29, 0.717) is 15.7 Å². The summed E-state index contributed by atoms with van der Waals surface area (Å²) in [4.78, 5) is 13.1. The van der Waals surface area contributed by atoms with Crippen LogP contribution in [0, 0.1) is 18.3 Å². The third-order valence-corrected chi connectivity index (χ3v) is 3.65. The molecular formula is C15H10N4S. The maximum absolute atomic E-state index is 9.27. The second-order valence-corrected chi connectivity index (χ2v) is 5.18. The Labute approximate surface area is 120 Å². The predicted octanol–water partition coefficient (Wildman–Crippen LogP) is 3.36. The molecule has 0 saturated carbocycles. The molecule has 0 fully saturated rings. The van der Waals surface area contributed by atoms with Crippen molar-refractivity contribution in [1.29, 1.82) is 5.26 Å². The first kappa shape index (κ1) is 12.6. The molecule has 0 aliphatic rings. The molecule has 1 aromatic carbocycles. The van der Waals surface area contributed by atoms with Crippen LogP contribution in [0.5, 0.6) is 0 Å². The molecule has 20 heavy (non-hydrogen) atoms. The largest absolute Gasteiger partial charge is 0.240 e. The van der Waals surface area contributed by atoms with Gasteiger partial charge in [0.15, 0.2) is 5.16 Å². The molecule has 3 rings (SSSR count). The van der Waals surface area contributed by atoms with E-state index in [2.05, 4.69) is 21.0 Å². The molecule has 4 nitrogen and oxygen atoms in total. The van der Waals surface area contributed by atoms with Crippen LogP contribution in [0.4, 0.5) is 0 Å². The van der Waals surface area contributed by atoms with E-state index in [4.69, 9.17) is 0 Å². The molecular weight excluding hydrogens is 268 g/mol. The van der Waals surface area contributed by atoms with Crippen molar-refractivity contribution in [2.45, 2.75) is 17.1 Å². The predicted molar refractivity (Wildman–Crippen MR) is 77.4 cm³/mol. The van der Waals surface area contributed by atoms with Crippen molar-refractivity contribution in [2.24, 2.45) is 0 Å². The van der Waals surface area contributed by atoms with Crippen LogP contribution in [0.2, 0.25) is 0 Å². The van der Waals surface area contributed by atoms with Crippen LogP contribution in [0.3, 0.4) is 0 Å². The zero-order valence-electron chi connectivity index (χ0n) is 10.7. The number of nitriles is 1. The first-order valence-corrected chi connectivity index (χ1v) is 6.85. The van der Waals surface area contributed by atoms with E-state index in [1.165, 1.54) is 11.8 Å². The molecule has 2 aromatic heterocycles. The average Bonchev–Trinajstić information content (AvgIpc) is 2.46. The maximum atomic E-state index is 9.27. The van der Waals surface area contributed by atoms with Crippen LogP contribution < -0.4 is 0 Å². The van der Waals surface area contributed by atoms with Gasteiger partial charge in [-0.15, -0.1) is 0 Å². The molecule has 2 heterocycles. The molecule has 0 N–H and O–H groups in total. The lowest BCUT2D eigenvalue weighted by atomic mass is 10.2. The minimum absolute atomic E-state index is 0.541. The summed E-state index contributed by atoms with van der Waals surface area (Å²) < 4.78 is 0. The van der Waals surface area contributed by atoms with Crippen LogP contribution in [0.25, 0.3) is 10.9 Å². The Morgan fingerprint density at radius 2 is 2.00 bits per heavy atom. The summed E-state index contributed by atoms with van der Waals surface area (Å²) in [6, 6.07) is 13.6. The van der Waals surface area contributed by atoms with Crippen molar-refractivity contribution in [3.63, 3.8) is 0 Å². The van der Waals surface area contributed by atoms with Crippen molar-refractivity contribution < 1.29 is 0 Å². The molecule has 96 valence electrons. The summed E-state index contributed by atoms with van der Waals surface area (Å²) >= 11 is 1.31. The molecule has 5 heteroatoms. The van der Waals surface area contributed by atoms with Gasteiger partial charge in [-0.1, -0.05) is 18.2 Å². The highest BCUT2D eigenvalue weighted by atomic mass is 32.2. The number of nitrogens with zero attached hydrogens (tertiary/aromatic N) is 4. The van der Waals surface area contributed by atoms with E-state index >= 15 is 0 Å². The normalized spacial score (nSPS) is 10.4. The molecule has 0 radical (unpaired) electrons. The van der Waals surface area contributed by atoms with Gasteiger partial charge in [0.1, 0.15) is 11.1 Å². The Bertz CT molecular complexity index is 823. The Morgan fingerprint density at radius 1 is 1.15 bits per heavy atom. The molecule has 0 aliphatic carbocycles. The zero-order valence-corrected chi connectivity index (χ0v) is 11.6. The summed E-state index contributed by atoms with van der Waals surface area (Å²) in [7, 11) is 0. The van der Waals surface area contributed by atoms with Crippen LogP contribution in [-0.4, -0.2) is 15.0 Å². The number of fused-ring (bicyclic) bond motifs is 1. The van der Waals surface area contributed by atoms with Gasteiger partial charge in [-0.3, -0.25) is 0 Å². The van der Waals surface area contributed by atoms with Crippen molar-refractivity contribution in [3.05, 3.63) is 53.9 Å². The molecule has 0 amide bonds. The Kier molecular flexibility index (Phi) is 3.32. The number of para-hydroxylation sites is 1. The molecule has 0 unspecified atom stereocenters. The zero-order chi connectivity index (χ0) is 13.9. The van der Waals surface area contributed by atoms with Gasteiger partial charge < -0.3 is 0 Å². The van der Waals surface area contributed by atoms with E-state index in [0.717, 1.165) is 16.6 Å². The highest BCUT2D eigenvalue weighted by Gasteiger charge is 2.10. The standard InChI is InChI=1S/C15H10N4S/c1-10-6-7-17-15(18-10)20-14-12(9-16)8-11-4-2-3-5-13(11)19-14/h2-8H,1H3. The number of hydrogen-bond acceptors (Lipinski definition) is 5. The molecule has 0 saturated heterocycles. The fourth-order valence-electron chi connectivity index (χ4n) is 1.82. The van der Waals surface area contributed by atoms with Crippen LogP contribution in [-0.2, 0) is 0 Å². The fraction of sp³-hybridized carbons (Fsp3) is 0.0667. The van der Waals surface area contributed by atoms with Gasteiger partial charge in [0, 0.05) is 17.3 Å². The lowest BCUT2D eigenvalue weighted by Gasteiger charge is -2.04. The number of rotatable bonds is 2. The van der Waals surface area contributed by atoms with Crippen molar-refractivity contribution in [1.82, 2.24) is 15.0 Å². The minimum Gasteiger partial charge on any atom is -0.240 e. The number of benzene rings is 1. The summed E-state index contributed by atoms with van der Waals surface area (Å²) in [5, 5.41) is 11.5. The van der Waals surface area contributed by atoms with Gasteiger partial charge >= 0.3 is 0 Å². The van der Waals surface area contributed by atoms with Gasteiger partial charge in [-0.05, 0) is 36.9 Å². The van der Waals surface area contributed by atoms with Crippen LogP contribution >= 0.6 is 11.8 Å². The minimum atomic E-state index is 0.541. The van der Waals surface area contributed by atoms with E-state index < -0.39 is 0 Å². The van der Waals surface area contributed by atoms with Gasteiger partial charge in [0.25, 0.3) is 0 Å². The molecule has 0 aliphatic heterocycles. The van der Waals surface area contributed by atoms with E-state index in [9.17, 15) is 5.26 Å². The number of pyridine rings is 1. The van der Waals surface area contributed by atoms with Crippen molar-refractivity contribution in [2.75, 3.05) is 0 Å². The van der Waals surface area contributed by atoms with Gasteiger partial charge in [0.05, 0.1) is 11.1 Å². The monoisotopic (exact) mass is 278 g/mol. The van der Waals surface area contributed by atoms with Crippen LogP contribution in [0.1, 0.15) is 11.3 Å². The van der Waals surface area contributed by atoms with E-state index in [1.54, 1.807) is 6.20 Å². The van der Waals surface area contributed by atoms with Gasteiger partial charge in [-0.25, -0.2) is 15.0 Å². The Balaban J connectivity index is 2.08. The van der Waals surface area contributed by atoms with Gasteiger partial charge in [-0.2, -0.15) is 5.26 Å². The van der Waals surface area contributed by atoms with Gasteiger partial charge in [0.2, 0.25) is 0 Å². The first-order chi connectivity index (χ1) is 9.76. The third-order valence-electron chi connectivity index (χ3n) is 2.77. The molecule has 0 spiro atoms. The third kappa shape index (κ3) is 2.46. The van der Waals surface area contributed by atoms with Crippen molar-refractivity contribution >= 4 is 22.7 Å². The number of hydrogen-bond donors (Lipinski definition) is 0. The number of aryl methyl sites for hydroxylation is 1. The first-order valence-electron chi connectivity index (χ1n) is 6.03. The molecule has 0 bridgehead atoms. The van der Waals surface area contributed by atoms with E-state index in [-0.39, 0.29) is 0 Å². The highest BCUT2D eigenvalue weighted by Crippen LogP contribution is 2.28. The smallest absolute Gasteiger partial charge is 0.194 e. The summed E-state index contributed by atoms with van der Waals surface area (Å²) in [6.45, 7) is 1.91. The second kappa shape index (κ2) is 5.27. The summed E-state index contributed by atoms with van der Waals surface area (Å²) in [5.41, 5.74) is 2.29. The number of aromatic nitrogens is 3. The SMILES string of the molecule is Cc1ccnc(Sc2nc3ccccc3cc2C#N)n1. The Hall–Kier alpha value is -2.45. The van der Waals surface area contributed by atoms with Crippen LogP contribution in [0.15, 0.2) is 52.8 Å². The topological polar surface area (TPSA) is 62.5 Å². The van der Waals surface area contributed by atoms with E-state index in [1.807, 2.05) is 43.3 Å². The molecule has 0 atom stereocenters. The highest BCUT2D eigenvalue weighted by molar-refractivity contribution is 7.99. The average molecular weight is 278 g/mol. The molecule has 3 aromatic rings. The summed E-state index contributed by atoms with van der Waals surface area (Å²) in [5.74, 6) is 0. The summed E-state index contributed by atoms with van der Waals surface area (Å²) in [6.07, 6.45) is 1.71. The Morgan fingerprint density at radius 3 is 2.80 bits per heavy atom. The second-order valence-electron chi connectivity index (χ2n) is 4.23. The fourth-order valence-corrected chi connectivity index (χ4v) is 2.65. The quantitative estimate of drug-likeness (QED) is 0.673. The van der Waals surface area contributed by atoms with Crippen molar-refractivity contribution in [3.8, 4) is 6.07 Å².